The first kappa shape index (κ1) is 16.1. The maximum Gasteiger partial charge on any atom is 0.408 e. The summed E-state index contributed by atoms with van der Waals surface area (Å²) in [4.78, 5) is 23.6. The molecule has 0 aliphatic heterocycles. The summed E-state index contributed by atoms with van der Waals surface area (Å²) in [6.07, 6.45) is -0.422. The minimum Gasteiger partial charge on any atom is -0.496 e. The molecule has 0 bridgehead atoms. The first-order chi connectivity index (χ1) is 10.2. The van der Waals surface area contributed by atoms with Crippen molar-refractivity contribution < 1.29 is 24.2 Å². The van der Waals surface area contributed by atoms with E-state index in [0.29, 0.717) is 12.2 Å². The van der Waals surface area contributed by atoms with Crippen LogP contribution in [0, 0.1) is 0 Å². The molecule has 1 fully saturated rings. The van der Waals surface area contributed by atoms with Gasteiger partial charge in [-0.1, -0.05) is 18.2 Å². The number of carbonyl (C=O) groups is 2. The predicted octanol–water partition coefficient (Wildman–Crippen LogP) is 2.53. The zero-order valence-electron chi connectivity index (χ0n) is 13.2. The standard InChI is InChI=1S/C16H21NO5/c1-15(2,3)22-14(20)17-16(13(18)19)9-11(16)10-7-5-6-8-12(10)21-4/h5-8,11H,9H2,1-4H3,(H,17,20)(H,18,19). The molecule has 1 aliphatic rings. The van der Waals surface area contributed by atoms with Gasteiger partial charge >= 0.3 is 12.1 Å². The van der Waals surface area contributed by atoms with E-state index in [9.17, 15) is 14.7 Å². The van der Waals surface area contributed by atoms with E-state index >= 15 is 0 Å². The Hall–Kier alpha value is -2.24. The number of hydrogen-bond acceptors (Lipinski definition) is 4. The molecule has 2 unspecified atom stereocenters. The van der Waals surface area contributed by atoms with Gasteiger partial charge in [0.25, 0.3) is 0 Å². The van der Waals surface area contributed by atoms with E-state index in [0.717, 1.165) is 5.56 Å². The summed E-state index contributed by atoms with van der Waals surface area (Å²) in [6.45, 7) is 5.18. The number of alkyl carbamates (subject to hydrolysis) is 1. The van der Waals surface area contributed by atoms with Crippen LogP contribution in [0.2, 0.25) is 0 Å². The molecule has 6 heteroatoms. The van der Waals surface area contributed by atoms with Crippen molar-refractivity contribution in [2.24, 2.45) is 0 Å². The lowest BCUT2D eigenvalue weighted by atomic mass is 10.0. The van der Waals surface area contributed by atoms with Crippen molar-refractivity contribution in [3.63, 3.8) is 0 Å². The number of ether oxygens (including phenoxy) is 2. The van der Waals surface area contributed by atoms with E-state index in [-0.39, 0.29) is 5.92 Å². The monoisotopic (exact) mass is 307 g/mol. The van der Waals surface area contributed by atoms with Crippen molar-refractivity contribution >= 4 is 12.1 Å². The number of carboxylic acids is 1. The molecule has 1 saturated carbocycles. The van der Waals surface area contributed by atoms with Gasteiger partial charge in [-0.15, -0.1) is 0 Å². The third-order valence-electron chi connectivity index (χ3n) is 3.58. The first-order valence-electron chi connectivity index (χ1n) is 7.07. The highest BCUT2D eigenvalue weighted by Crippen LogP contribution is 2.54. The van der Waals surface area contributed by atoms with E-state index in [1.54, 1.807) is 26.8 Å². The van der Waals surface area contributed by atoms with Gasteiger partial charge in [0, 0.05) is 11.5 Å². The van der Waals surface area contributed by atoms with Crippen LogP contribution in [0.1, 0.15) is 38.7 Å². The van der Waals surface area contributed by atoms with Gasteiger partial charge in [0.1, 0.15) is 16.9 Å². The van der Waals surface area contributed by atoms with Gasteiger partial charge in [0.15, 0.2) is 0 Å². The number of carbonyl (C=O) groups excluding carboxylic acids is 1. The second-order valence-electron chi connectivity index (χ2n) is 6.40. The molecule has 0 saturated heterocycles. The average molecular weight is 307 g/mol. The average Bonchev–Trinajstić information content (AvgIpc) is 3.11. The first-order valence-corrected chi connectivity index (χ1v) is 7.07. The lowest BCUT2D eigenvalue weighted by Crippen LogP contribution is -2.46. The van der Waals surface area contributed by atoms with Gasteiger partial charge in [-0.25, -0.2) is 9.59 Å². The van der Waals surface area contributed by atoms with Gasteiger partial charge in [-0.05, 0) is 33.3 Å². The molecule has 1 amide bonds. The summed E-state index contributed by atoms with van der Waals surface area (Å²) in [5.41, 5.74) is -1.25. The quantitative estimate of drug-likeness (QED) is 0.893. The second-order valence-corrected chi connectivity index (χ2v) is 6.40. The van der Waals surface area contributed by atoms with Crippen molar-refractivity contribution in [1.29, 1.82) is 0 Å². The number of benzene rings is 1. The molecular formula is C16H21NO5. The Morgan fingerprint density at radius 3 is 2.50 bits per heavy atom. The van der Waals surface area contributed by atoms with Crippen molar-refractivity contribution in [2.75, 3.05) is 7.11 Å². The lowest BCUT2D eigenvalue weighted by Gasteiger charge is -2.22. The van der Waals surface area contributed by atoms with E-state index < -0.39 is 23.2 Å². The number of hydrogen-bond donors (Lipinski definition) is 2. The van der Waals surface area contributed by atoms with E-state index in [1.165, 1.54) is 7.11 Å². The molecule has 1 aromatic rings. The highest BCUT2D eigenvalue weighted by molar-refractivity contribution is 5.90. The highest BCUT2D eigenvalue weighted by Gasteiger charge is 2.63. The molecule has 2 atom stereocenters. The Balaban J connectivity index is 2.20. The number of rotatable bonds is 4. The van der Waals surface area contributed by atoms with Crippen LogP contribution < -0.4 is 10.1 Å². The zero-order chi connectivity index (χ0) is 16.5. The molecule has 0 heterocycles. The van der Waals surface area contributed by atoms with Crippen molar-refractivity contribution in [2.45, 2.75) is 44.2 Å². The second kappa shape index (κ2) is 5.51. The van der Waals surface area contributed by atoms with E-state index in [2.05, 4.69) is 5.32 Å². The third-order valence-corrected chi connectivity index (χ3v) is 3.58. The molecule has 120 valence electrons. The summed E-state index contributed by atoms with van der Waals surface area (Å²) >= 11 is 0. The topological polar surface area (TPSA) is 84.9 Å². The van der Waals surface area contributed by atoms with E-state index in [4.69, 9.17) is 9.47 Å². The molecule has 0 radical (unpaired) electrons. The summed E-state index contributed by atoms with van der Waals surface area (Å²) in [5.74, 6) is -0.801. The van der Waals surface area contributed by atoms with Crippen LogP contribution in [0.5, 0.6) is 5.75 Å². The Morgan fingerprint density at radius 1 is 1.32 bits per heavy atom. The summed E-state index contributed by atoms with van der Waals surface area (Å²) in [5, 5.41) is 12.0. The van der Waals surface area contributed by atoms with Gasteiger partial charge in [-0.2, -0.15) is 0 Å². The van der Waals surface area contributed by atoms with Crippen LogP contribution in [0.15, 0.2) is 24.3 Å². The summed E-state index contributed by atoms with van der Waals surface area (Å²) in [6, 6.07) is 7.21. The van der Waals surface area contributed by atoms with E-state index in [1.807, 2.05) is 18.2 Å². The Labute approximate surface area is 129 Å². The molecular weight excluding hydrogens is 286 g/mol. The largest absolute Gasteiger partial charge is 0.496 e. The van der Waals surface area contributed by atoms with Gasteiger partial charge < -0.3 is 19.9 Å². The fourth-order valence-electron chi connectivity index (χ4n) is 2.51. The fraction of sp³-hybridized carbons (Fsp3) is 0.500. The fourth-order valence-corrected chi connectivity index (χ4v) is 2.51. The predicted molar refractivity (Wildman–Crippen MR) is 80.1 cm³/mol. The van der Waals surface area contributed by atoms with Gasteiger partial charge in [0.05, 0.1) is 7.11 Å². The summed E-state index contributed by atoms with van der Waals surface area (Å²) in [7, 11) is 1.53. The molecule has 6 nitrogen and oxygen atoms in total. The zero-order valence-corrected chi connectivity index (χ0v) is 13.2. The molecule has 1 aromatic carbocycles. The Bertz CT molecular complexity index is 592. The summed E-state index contributed by atoms with van der Waals surface area (Å²) < 4.78 is 10.4. The van der Waals surface area contributed by atoms with Crippen molar-refractivity contribution in [3.05, 3.63) is 29.8 Å². The molecule has 22 heavy (non-hydrogen) atoms. The highest BCUT2D eigenvalue weighted by atomic mass is 16.6. The number of carboxylic acid groups (broad SMARTS) is 1. The number of nitrogens with one attached hydrogen (secondary N) is 1. The molecule has 1 aliphatic carbocycles. The maximum atomic E-state index is 11.9. The van der Waals surface area contributed by atoms with Crippen molar-refractivity contribution in [1.82, 2.24) is 5.32 Å². The number of aliphatic carboxylic acids is 1. The third kappa shape index (κ3) is 3.16. The van der Waals surface area contributed by atoms with Gasteiger partial charge in [-0.3, -0.25) is 0 Å². The van der Waals surface area contributed by atoms with Gasteiger partial charge in [0.2, 0.25) is 0 Å². The Kier molecular flexibility index (Phi) is 4.04. The SMILES string of the molecule is COc1ccccc1C1CC1(NC(=O)OC(C)(C)C)C(=O)O. The van der Waals surface area contributed by atoms with Crippen LogP contribution in [0.3, 0.4) is 0 Å². The molecule has 2 N–H and O–H groups in total. The minimum atomic E-state index is -1.34. The minimum absolute atomic E-state index is 0.307. The maximum absolute atomic E-state index is 11.9. The molecule has 0 aromatic heterocycles. The van der Waals surface area contributed by atoms with Crippen LogP contribution in [0.25, 0.3) is 0 Å². The number of amides is 1. The Morgan fingerprint density at radius 2 is 1.95 bits per heavy atom. The molecule has 2 rings (SSSR count). The molecule has 0 spiro atoms. The van der Waals surface area contributed by atoms with Crippen LogP contribution >= 0.6 is 0 Å². The van der Waals surface area contributed by atoms with Crippen LogP contribution in [-0.4, -0.2) is 35.4 Å². The number of methoxy groups -OCH3 is 1. The smallest absolute Gasteiger partial charge is 0.408 e. The van der Waals surface area contributed by atoms with Crippen LogP contribution in [-0.2, 0) is 9.53 Å². The number of para-hydroxylation sites is 1. The normalized spacial score (nSPS) is 23.5. The van der Waals surface area contributed by atoms with Crippen LogP contribution in [0.4, 0.5) is 4.79 Å². The van der Waals surface area contributed by atoms with Crippen molar-refractivity contribution in [3.8, 4) is 5.75 Å². The lowest BCUT2D eigenvalue weighted by molar-refractivity contribution is -0.140.